The van der Waals surface area contributed by atoms with E-state index in [1.807, 2.05) is 43.3 Å². The number of ketones is 2. The highest BCUT2D eigenvalue weighted by Crippen LogP contribution is 2.05. The average molecular weight is 360 g/mol. The average Bonchev–Trinajstić information content (AvgIpc) is 2.62. The Balaban J connectivity index is 0. The van der Waals surface area contributed by atoms with Gasteiger partial charge in [0.25, 0.3) is 0 Å². The molecule has 26 heavy (non-hydrogen) atoms. The highest BCUT2D eigenvalue weighted by molar-refractivity contribution is 5.97. The molecule has 0 bridgehead atoms. The molecular weight excluding hydrogens is 332 g/mol. The molecule has 0 spiro atoms. The summed E-state index contributed by atoms with van der Waals surface area (Å²) in [7, 11) is 0. The summed E-state index contributed by atoms with van der Waals surface area (Å²) < 4.78 is 0. The van der Waals surface area contributed by atoms with Crippen LogP contribution in [-0.2, 0) is 4.79 Å². The van der Waals surface area contributed by atoms with E-state index in [1.54, 1.807) is 24.3 Å². The standard InChI is InChI=1S/C10H10O3.C10H12O.CH4.H2O/c11-9(6-7-10(12)13)8-4-2-1-3-5-8;1-2-6-10(11)9-7-4-3-5-8-9;;/h1-5H,6-7H2,(H,12,13);3-5,7-8H,2,6H2,1H3;1H4;1H2. The SMILES string of the molecule is C.CCCC(=O)c1ccccc1.O.O=C(O)CCC(=O)c1ccccc1. The molecule has 0 saturated carbocycles. The molecule has 0 heterocycles. The van der Waals surface area contributed by atoms with Gasteiger partial charge in [0.05, 0.1) is 6.42 Å². The lowest BCUT2D eigenvalue weighted by Gasteiger charge is -1.97. The molecular formula is C21H28O5. The number of Topliss-reactive ketones (excluding diaryl/α,β-unsaturated/α-hetero) is 2. The van der Waals surface area contributed by atoms with Gasteiger partial charge >= 0.3 is 5.97 Å². The predicted octanol–water partition coefficient (Wildman–Crippen LogP) is 4.21. The number of benzene rings is 2. The van der Waals surface area contributed by atoms with Crippen molar-refractivity contribution in [2.24, 2.45) is 0 Å². The van der Waals surface area contributed by atoms with Gasteiger partial charge in [-0.15, -0.1) is 0 Å². The summed E-state index contributed by atoms with van der Waals surface area (Å²) in [4.78, 5) is 32.7. The molecule has 0 saturated heterocycles. The summed E-state index contributed by atoms with van der Waals surface area (Å²) in [5.74, 6) is -0.819. The lowest BCUT2D eigenvalue weighted by molar-refractivity contribution is -0.136. The maximum absolute atomic E-state index is 11.3. The summed E-state index contributed by atoms with van der Waals surface area (Å²) in [5, 5.41) is 8.36. The zero-order valence-corrected chi connectivity index (χ0v) is 14.3. The van der Waals surface area contributed by atoms with Crippen LogP contribution in [-0.4, -0.2) is 28.1 Å². The normalized spacial score (nSPS) is 8.81. The van der Waals surface area contributed by atoms with E-state index in [0.717, 1.165) is 12.0 Å². The molecule has 0 aliphatic carbocycles. The predicted molar refractivity (Wildman–Crippen MR) is 104 cm³/mol. The third-order valence-corrected chi connectivity index (χ3v) is 3.23. The highest BCUT2D eigenvalue weighted by atomic mass is 16.4. The Morgan fingerprint density at radius 1 is 0.731 bits per heavy atom. The molecule has 0 amide bonds. The zero-order valence-electron chi connectivity index (χ0n) is 14.3. The fourth-order valence-corrected chi connectivity index (χ4v) is 1.98. The molecule has 2 aromatic rings. The molecule has 0 aliphatic heterocycles. The van der Waals surface area contributed by atoms with E-state index >= 15 is 0 Å². The van der Waals surface area contributed by atoms with Crippen molar-refractivity contribution in [2.45, 2.75) is 40.0 Å². The smallest absolute Gasteiger partial charge is 0.303 e. The van der Waals surface area contributed by atoms with E-state index in [-0.39, 0.29) is 37.3 Å². The maximum atomic E-state index is 11.3. The Morgan fingerprint density at radius 3 is 1.46 bits per heavy atom. The van der Waals surface area contributed by atoms with Crippen molar-refractivity contribution in [1.29, 1.82) is 0 Å². The van der Waals surface area contributed by atoms with Crippen molar-refractivity contribution < 1.29 is 25.0 Å². The van der Waals surface area contributed by atoms with Gasteiger partial charge in [0, 0.05) is 24.0 Å². The van der Waals surface area contributed by atoms with Gasteiger partial charge in [-0.25, -0.2) is 0 Å². The Kier molecular flexibility index (Phi) is 14.2. The van der Waals surface area contributed by atoms with Crippen LogP contribution in [0.3, 0.4) is 0 Å². The van der Waals surface area contributed by atoms with Gasteiger partial charge in [0.1, 0.15) is 0 Å². The second kappa shape index (κ2) is 14.5. The number of carbonyl (C=O) groups excluding carboxylic acids is 2. The van der Waals surface area contributed by atoms with Gasteiger partial charge in [0.2, 0.25) is 0 Å². The fraction of sp³-hybridized carbons (Fsp3) is 0.286. The molecule has 2 aromatic carbocycles. The molecule has 142 valence electrons. The summed E-state index contributed by atoms with van der Waals surface area (Å²) in [6, 6.07) is 18.1. The van der Waals surface area contributed by atoms with E-state index in [1.165, 1.54) is 0 Å². The summed E-state index contributed by atoms with van der Waals surface area (Å²) in [5.41, 5.74) is 1.40. The molecule has 0 aliphatic rings. The van der Waals surface area contributed by atoms with Crippen molar-refractivity contribution in [2.75, 3.05) is 0 Å². The first kappa shape index (κ1) is 25.5. The number of carboxylic acids is 1. The van der Waals surface area contributed by atoms with E-state index in [4.69, 9.17) is 5.11 Å². The molecule has 3 N–H and O–H groups in total. The lowest BCUT2D eigenvalue weighted by Crippen LogP contribution is -2.03. The van der Waals surface area contributed by atoms with Gasteiger partial charge in [-0.2, -0.15) is 0 Å². The largest absolute Gasteiger partial charge is 0.481 e. The van der Waals surface area contributed by atoms with Gasteiger partial charge in [-0.05, 0) is 6.42 Å². The molecule has 5 heteroatoms. The van der Waals surface area contributed by atoms with Gasteiger partial charge in [0.15, 0.2) is 11.6 Å². The molecule has 0 radical (unpaired) electrons. The number of aliphatic carboxylic acids is 1. The Bertz CT molecular complexity index is 651. The minimum Gasteiger partial charge on any atom is -0.481 e. The highest BCUT2D eigenvalue weighted by Gasteiger charge is 2.06. The topological polar surface area (TPSA) is 103 Å². The summed E-state index contributed by atoms with van der Waals surface area (Å²) in [6.45, 7) is 2.01. The first-order chi connectivity index (χ1) is 11.5. The second-order valence-electron chi connectivity index (χ2n) is 5.22. The monoisotopic (exact) mass is 360 g/mol. The first-order valence-electron chi connectivity index (χ1n) is 7.93. The van der Waals surface area contributed by atoms with Crippen LogP contribution in [0, 0.1) is 0 Å². The number of carboxylic acid groups (broad SMARTS) is 1. The van der Waals surface area contributed by atoms with Gasteiger partial charge < -0.3 is 10.6 Å². The minimum atomic E-state index is -0.940. The van der Waals surface area contributed by atoms with Crippen molar-refractivity contribution >= 4 is 17.5 Å². The molecule has 0 unspecified atom stereocenters. The Labute approximate surface area is 155 Å². The summed E-state index contributed by atoms with van der Waals surface area (Å²) >= 11 is 0. The third kappa shape index (κ3) is 10.2. The van der Waals surface area contributed by atoms with Crippen molar-refractivity contribution in [1.82, 2.24) is 0 Å². The van der Waals surface area contributed by atoms with Crippen LogP contribution in [0.1, 0.15) is 60.7 Å². The van der Waals surface area contributed by atoms with Crippen molar-refractivity contribution in [3.05, 3.63) is 71.8 Å². The van der Waals surface area contributed by atoms with Crippen LogP contribution < -0.4 is 0 Å². The van der Waals surface area contributed by atoms with E-state index in [0.29, 0.717) is 12.0 Å². The number of carbonyl (C=O) groups is 3. The Hall–Kier alpha value is -2.79. The first-order valence-corrected chi connectivity index (χ1v) is 7.93. The van der Waals surface area contributed by atoms with Crippen LogP contribution in [0.2, 0.25) is 0 Å². The second-order valence-corrected chi connectivity index (χ2v) is 5.22. The zero-order chi connectivity index (χ0) is 17.8. The number of hydrogen-bond acceptors (Lipinski definition) is 3. The van der Waals surface area contributed by atoms with Crippen LogP contribution >= 0.6 is 0 Å². The van der Waals surface area contributed by atoms with Crippen molar-refractivity contribution in [3.63, 3.8) is 0 Å². The van der Waals surface area contributed by atoms with E-state index in [9.17, 15) is 14.4 Å². The summed E-state index contributed by atoms with van der Waals surface area (Å²) in [6.07, 6.45) is 1.55. The van der Waals surface area contributed by atoms with Crippen LogP contribution in [0.4, 0.5) is 0 Å². The Morgan fingerprint density at radius 2 is 1.12 bits per heavy atom. The molecule has 0 atom stereocenters. The third-order valence-electron chi connectivity index (χ3n) is 3.23. The minimum absolute atomic E-state index is 0. The molecule has 0 fully saturated rings. The number of rotatable bonds is 7. The van der Waals surface area contributed by atoms with Crippen LogP contribution in [0.5, 0.6) is 0 Å². The van der Waals surface area contributed by atoms with Crippen molar-refractivity contribution in [3.8, 4) is 0 Å². The van der Waals surface area contributed by atoms with Crippen LogP contribution in [0.15, 0.2) is 60.7 Å². The van der Waals surface area contributed by atoms with E-state index in [2.05, 4.69) is 0 Å². The van der Waals surface area contributed by atoms with E-state index < -0.39 is 5.97 Å². The van der Waals surface area contributed by atoms with Gasteiger partial charge in [-0.1, -0.05) is 75.0 Å². The maximum Gasteiger partial charge on any atom is 0.303 e. The molecule has 2 rings (SSSR count). The van der Waals surface area contributed by atoms with Crippen LogP contribution in [0.25, 0.3) is 0 Å². The lowest BCUT2D eigenvalue weighted by atomic mass is 10.1. The number of hydrogen-bond donors (Lipinski definition) is 1. The molecule has 5 nitrogen and oxygen atoms in total. The fourth-order valence-electron chi connectivity index (χ4n) is 1.98. The quantitative estimate of drug-likeness (QED) is 0.747. The van der Waals surface area contributed by atoms with Gasteiger partial charge in [-0.3, -0.25) is 14.4 Å². The molecule has 0 aromatic heterocycles.